The summed E-state index contributed by atoms with van der Waals surface area (Å²) in [5.41, 5.74) is 7.06. The Bertz CT molecular complexity index is 842. The zero-order valence-electron chi connectivity index (χ0n) is 16.0. The fourth-order valence-electron chi connectivity index (χ4n) is 5.28. The van der Waals surface area contributed by atoms with Crippen molar-refractivity contribution in [1.29, 1.82) is 0 Å². The summed E-state index contributed by atoms with van der Waals surface area (Å²) in [6, 6.07) is 13.2. The van der Waals surface area contributed by atoms with Crippen LogP contribution in [-0.4, -0.2) is 37.2 Å². The highest BCUT2D eigenvalue weighted by molar-refractivity contribution is 6.31. The molecule has 0 bridgehead atoms. The Kier molecular flexibility index (Phi) is 4.53. The van der Waals surface area contributed by atoms with Crippen molar-refractivity contribution < 1.29 is 0 Å². The minimum atomic E-state index is 0.382. The number of benzene rings is 2. The zero-order valence-corrected chi connectivity index (χ0v) is 16.8. The summed E-state index contributed by atoms with van der Waals surface area (Å²) in [7, 11) is 0. The number of rotatable bonds is 3. The SMILES string of the molecule is Cc1ccccc1C1CCN(CC2Nc3cc(Cl)cc4c3N2CCC4)CC1. The van der Waals surface area contributed by atoms with Crippen LogP contribution in [0.15, 0.2) is 36.4 Å². The first-order chi connectivity index (χ1) is 13.2. The Hall–Kier alpha value is -1.71. The maximum Gasteiger partial charge on any atom is 0.112 e. The summed E-state index contributed by atoms with van der Waals surface area (Å²) in [4.78, 5) is 5.23. The number of likely N-dealkylation sites (tertiary alicyclic amines) is 1. The van der Waals surface area contributed by atoms with Crippen LogP contribution in [0.4, 0.5) is 11.4 Å². The summed E-state index contributed by atoms with van der Waals surface area (Å²) in [5.74, 6) is 0.719. The van der Waals surface area contributed by atoms with Crippen LogP contribution in [0.3, 0.4) is 0 Å². The average Bonchev–Trinajstić information content (AvgIpc) is 3.01. The van der Waals surface area contributed by atoms with Crippen molar-refractivity contribution in [3.8, 4) is 0 Å². The van der Waals surface area contributed by atoms with Gasteiger partial charge in [-0.05, 0) is 80.4 Å². The fourth-order valence-corrected chi connectivity index (χ4v) is 5.52. The number of piperidine rings is 1. The molecule has 0 spiro atoms. The van der Waals surface area contributed by atoms with Gasteiger partial charge in [0.15, 0.2) is 0 Å². The van der Waals surface area contributed by atoms with Crippen molar-refractivity contribution in [3.05, 3.63) is 58.1 Å². The molecule has 1 atom stereocenters. The molecule has 3 nitrogen and oxygen atoms in total. The molecule has 2 aromatic carbocycles. The fraction of sp³-hybridized carbons (Fsp3) is 0.478. The molecule has 1 unspecified atom stereocenters. The Balaban J connectivity index is 1.25. The van der Waals surface area contributed by atoms with E-state index in [-0.39, 0.29) is 0 Å². The summed E-state index contributed by atoms with van der Waals surface area (Å²) in [6.45, 7) is 6.87. The number of nitrogens with zero attached hydrogens (tertiary/aromatic N) is 2. The molecule has 5 rings (SSSR count). The average molecular weight is 382 g/mol. The quantitative estimate of drug-likeness (QED) is 0.804. The first kappa shape index (κ1) is 17.4. The highest BCUT2D eigenvalue weighted by atomic mass is 35.5. The minimum absolute atomic E-state index is 0.382. The van der Waals surface area contributed by atoms with Crippen molar-refractivity contribution in [2.45, 2.75) is 44.7 Å². The van der Waals surface area contributed by atoms with Gasteiger partial charge in [0.05, 0.1) is 11.4 Å². The molecule has 1 fully saturated rings. The molecule has 1 N–H and O–H groups in total. The molecule has 27 heavy (non-hydrogen) atoms. The Morgan fingerprint density at radius 2 is 1.93 bits per heavy atom. The van der Waals surface area contributed by atoms with Gasteiger partial charge in [-0.15, -0.1) is 0 Å². The van der Waals surface area contributed by atoms with Gasteiger partial charge < -0.3 is 10.2 Å². The van der Waals surface area contributed by atoms with Gasteiger partial charge in [0.2, 0.25) is 0 Å². The number of halogens is 1. The van der Waals surface area contributed by atoms with Crippen LogP contribution < -0.4 is 10.2 Å². The predicted molar refractivity (Wildman–Crippen MR) is 114 cm³/mol. The highest BCUT2D eigenvalue weighted by Gasteiger charge is 2.35. The number of nitrogens with one attached hydrogen (secondary N) is 1. The van der Waals surface area contributed by atoms with E-state index in [1.165, 1.54) is 54.9 Å². The monoisotopic (exact) mass is 381 g/mol. The normalized spacial score (nSPS) is 22.6. The van der Waals surface area contributed by atoms with Crippen molar-refractivity contribution in [3.63, 3.8) is 0 Å². The molecule has 3 aliphatic heterocycles. The van der Waals surface area contributed by atoms with Crippen LogP contribution in [0.25, 0.3) is 0 Å². The largest absolute Gasteiger partial charge is 0.362 e. The number of hydrogen-bond acceptors (Lipinski definition) is 3. The van der Waals surface area contributed by atoms with Gasteiger partial charge in [-0.2, -0.15) is 0 Å². The molecular formula is C23H28ClN3. The molecule has 2 aromatic rings. The van der Waals surface area contributed by atoms with E-state index in [4.69, 9.17) is 11.6 Å². The van der Waals surface area contributed by atoms with E-state index < -0.39 is 0 Å². The molecule has 142 valence electrons. The third kappa shape index (κ3) is 3.21. The maximum absolute atomic E-state index is 6.34. The molecule has 1 saturated heterocycles. The highest BCUT2D eigenvalue weighted by Crippen LogP contribution is 2.43. The van der Waals surface area contributed by atoms with Gasteiger partial charge in [-0.25, -0.2) is 0 Å². The van der Waals surface area contributed by atoms with Gasteiger partial charge in [0.1, 0.15) is 6.17 Å². The Morgan fingerprint density at radius 1 is 1.11 bits per heavy atom. The Morgan fingerprint density at radius 3 is 2.74 bits per heavy atom. The molecule has 0 radical (unpaired) electrons. The molecule has 0 saturated carbocycles. The van der Waals surface area contributed by atoms with E-state index in [0.29, 0.717) is 6.17 Å². The van der Waals surface area contributed by atoms with E-state index in [1.54, 1.807) is 5.56 Å². The van der Waals surface area contributed by atoms with Crippen LogP contribution in [0.5, 0.6) is 0 Å². The smallest absolute Gasteiger partial charge is 0.112 e. The summed E-state index contributed by atoms with van der Waals surface area (Å²) >= 11 is 6.34. The zero-order chi connectivity index (χ0) is 18.4. The van der Waals surface area contributed by atoms with Crippen molar-refractivity contribution in [2.75, 3.05) is 36.4 Å². The van der Waals surface area contributed by atoms with E-state index in [1.807, 2.05) is 0 Å². The maximum atomic E-state index is 6.34. The third-order valence-electron chi connectivity index (χ3n) is 6.63. The van der Waals surface area contributed by atoms with E-state index in [0.717, 1.165) is 30.5 Å². The number of anilines is 2. The molecule has 0 aliphatic carbocycles. The first-order valence-electron chi connectivity index (χ1n) is 10.3. The van der Waals surface area contributed by atoms with Crippen LogP contribution in [0.2, 0.25) is 5.02 Å². The van der Waals surface area contributed by atoms with E-state index in [2.05, 4.69) is 58.4 Å². The summed E-state index contributed by atoms with van der Waals surface area (Å²) in [5, 5.41) is 4.62. The van der Waals surface area contributed by atoms with Gasteiger partial charge >= 0.3 is 0 Å². The summed E-state index contributed by atoms with van der Waals surface area (Å²) in [6.07, 6.45) is 5.28. The molecule has 3 aliphatic rings. The second kappa shape index (κ2) is 7.03. The molecular weight excluding hydrogens is 354 g/mol. The predicted octanol–water partition coefficient (Wildman–Crippen LogP) is 5.03. The van der Waals surface area contributed by atoms with Crippen LogP contribution >= 0.6 is 11.6 Å². The topological polar surface area (TPSA) is 18.5 Å². The molecule has 4 heteroatoms. The van der Waals surface area contributed by atoms with E-state index in [9.17, 15) is 0 Å². The second-order valence-corrected chi connectivity index (χ2v) is 8.79. The van der Waals surface area contributed by atoms with Gasteiger partial charge in [0, 0.05) is 18.1 Å². The molecule has 0 aromatic heterocycles. The molecule has 0 amide bonds. The lowest BCUT2D eigenvalue weighted by atomic mass is 9.87. The lowest BCUT2D eigenvalue weighted by Gasteiger charge is -2.38. The number of aryl methyl sites for hydroxylation is 2. The van der Waals surface area contributed by atoms with Gasteiger partial charge in [-0.1, -0.05) is 35.9 Å². The van der Waals surface area contributed by atoms with E-state index >= 15 is 0 Å². The number of hydrogen-bond donors (Lipinski definition) is 1. The Labute approximate surface area is 167 Å². The van der Waals surface area contributed by atoms with Crippen molar-refractivity contribution >= 4 is 23.0 Å². The third-order valence-corrected chi connectivity index (χ3v) is 6.85. The standard InChI is InChI=1S/C23H28ClN3/c1-16-5-2-3-7-20(16)17-8-11-26(12-9-17)15-22-25-21-14-19(24)13-18-6-4-10-27(22)23(18)21/h2-3,5,7,13-14,17,22,25H,4,6,8-12,15H2,1H3. The van der Waals surface area contributed by atoms with Crippen molar-refractivity contribution in [1.82, 2.24) is 4.90 Å². The minimum Gasteiger partial charge on any atom is -0.362 e. The lowest BCUT2D eigenvalue weighted by Crippen LogP contribution is -2.48. The van der Waals surface area contributed by atoms with Gasteiger partial charge in [-0.3, -0.25) is 4.90 Å². The first-order valence-corrected chi connectivity index (χ1v) is 10.7. The van der Waals surface area contributed by atoms with Crippen LogP contribution in [0, 0.1) is 6.92 Å². The lowest BCUT2D eigenvalue weighted by molar-refractivity contribution is 0.203. The summed E-state index contributed by atoms with van der Waals surface area (Å²) < 4.78 is 0. The van der Waals surface area contributed by atoms with Crippen LogP contribution in [0.1, 0.15) is 41.9 Å². The second-order valence-electron chi connectivity index (χ2n) is 8.35. The van der Waals surface area contributed by atoms with Crippen molar-refractivity contribution in [2.24, 2.45) is 0 Å². The molecule has 3 heterocycles. The van der Waals surface area contributed by atoms with Crippen LogP contribution in [-0.2, 0) is 6.42 Å². The van der Waals surface area contributed by atoms with Gasteiger partial charge in [0.25, 0.3) is 0 Å².